The first kappa shape index (κ1) is 17.1. The topological polar surface area (TPSA) is 64.9 Å². The van der Waals surface area contributed by atoms with Crippen LogP contribution in [0.5, 0.6) is 0 Å². The van der Waals surface area contributed by atoms with Gasteiger partial charge in [-0.1, -0.05) is 30.7 Å². The van der Waals surface area contributed by atoms with E-state index in [1.54, 1.807) is 0 Å². The molecule has 2 N–H and O–H groups in total. The molecule has 1 aromatic carbocycles. The first-order valence-corrected chi connectivity index (χ1v) is 7.33. The van der Waals surface area contributed by atoms with Crippen molar-refractivity contribution >= 4 is 17.5 Å². The maximum Gasteiger partial charge on any atom is 0.263 e. The van der Waals surface area contributed by atoms with Gasteiger partial charge in [0.1, 0.15) is 11.6 Å². The van der Waals surface area contributed by atoms with Crippen molar-refractivity contribution in [3.63, 3.8) is 0 Å². The lowest BCUT2D eigenvalue weighted by Gasteiger charge is -2.10. The molecule has 0 aliphatic carbocycles. The van der Waals surface area contributed by atoms with Crippen molar-refractivity contribution in [3.8, 4) is 6.07 Å². The summed E-state index contributed by atoms with van der Waals surface area (Å²) in [4.78, 5) is 11.8. The van der Waals surface area contributed by atoms with E-state index in [2.05, 4.69) is 10.6 Å². The molecule has 112 valence electrons. The van der Waals surface area contributed by atoms with Gasteiger partial charge < -0.3 is 10.6 Å². The summed E-state index contributed by atoms with van der Waals surface area (Å²) in [6.45, 7) is 4.51. The Labute approximate surface area is 130 Å². The number of nitrogens with one attached hydrogen (secondary N) is 2. The molecule has 0 aliphatic rings. The molecule has 1 unspecified atom stereocenters. The van der Waals surface area contributed by atoms with E-state index in [1.165, 1.54) is 6.20 Å². The van der Waals surface area contributed by atoms with Gasteiger partial charge in [0, 0.05) is 23.8 Å². The van der Waals surface area contributed by atoms with E-state index < -0.39 is 0 Å². The summed E-state index contributed by atoms with van der Waals surface area (Å²) in [6.07, 6.45) is 3.05. The van der Waals surface area contributed by atoms with Crippen LogP contribution >= 0.6 is 11.6 Å². The number of hydrogen-bond acceptors (Lipinski definition) is 3. The third-order valence-corrected chi connectivity index (χ3v) is 3.28. The molecular weight excluding hydrogens is 286 g/mol. The van der Waals surface area contributed by atoms with Crippen LogP contribution in [0.4, 0.5) is 0 Å². The summed E-state index contributed by atoms with van der Waals surface area (Å²) < 4.78 is 0. The Bertz CT molecular complexity index is 549. The van der Waals surface area contributed by atoms with Crippen LogP contribution in [0.3, 0.4) is 0 Å². The van der Waals surface area contributed by atoms with Crippen molar-refractivity contribution in [2.45, 2.75) is 32.7 Å². The molecule has 1 atom stereocenters. The fourth-order valence-electron chi connectivity index (χ4n) is 1.64. The maximum absolute atomic E-state index is 11.8. The van der Waals surface area contributed by atoms with Gasteiger partial charge >= 0.3 is 0 Å². The van der Waals surface area contributed by atoms with Gasteiger partial charge in [-0.2, -0.15) is 5.26 Å². The molecule has 0 bridgehead atoms. The SMILES string of the molecule is CCC(C)NC(=O)/C(C#N)=C\NCCc1cccc(Cl)c1. The van der Waals surface area contributed by atoms with Crippen LogP contribution in [0.1, 0.15) is 25.8 Å². The molecule has 0 saturated heterocycles. The van der Waals surface area contributed by atoms with Crippen molar-refractivity contribution in [1.82, 2.24) is 10.6 Å². The summed E-state index contributed by atoms with van der Waals surface area (Å²) in [5.41, 5.74) is 1.19. The number of halogens is 1. The average molecular weight is 306 g/mol. The molecule has 0 aromatic heterocycles. The highest BCUT2D eigenvalue weighted by atomic mass is 35.5. The standard InChI is InChI=1S/C16H20ClN3O/c1-3-12(2)20-16(21)14(10-18)11-19-8-7-13-5-4-6-15(17)9-13/h4-6,9,11-12,19H,3,7-8H2,1-2H3,(H,20,21)/b14-11-. The number of nitrogens with zero attached hydrogens (tertiary/aromatic N) is 1. The minimum absolute atomic E-state index is 0.0562. The Morgan fingerprint density at radius 3 is 2.90 bits per heavy atom. The molecule has 0 spiro atoms. The summed E-state index contributed by atoms with van der Waals surface area (Å²) in [6, 6.07) is 9.56. The Hall–Kier alpha value is -1.99. The van der Waals surface area contributed by atoms with Gasteiger partial charge in [-0.15, -0.1) is 0 Å². The average Bonchev–Trinajstić information content (AvgIpc) is 2.47. The van der Waals surface area contributed by atoms with E-state index >= 15 is 0 Å². The van der Waals surface area contributed by atoms with Gasteiger partial charge in [-0.25, -0.2) is 0 Å². The molecular formula is C16H20ClN3O. The summed E-state index contributed by atoms with van der Waals surface area (Å²) >= 11 is 5.91. The van der Waals surface area contributed by atoms with Crippen molar-refractivity contribution in [2.75, 3.05) is 6.54 Å². The van der Waals surface area contributed by atoms with E-state index in [-0.39, 0.29) is 17.5 Å². The third-order valence-electron chi connectivity index (χ3n) is 3.05. The molecule has 1 aromatic rings. The van der Waals surface area contributed by atoms with Crippen molar-refractivity contribution in [1.29, 1.82) is 5.26 Å². The van der Waals surface area contributed by atoms with Crippen LogP contribution in [0.15, 0.2) is 36.0 Å². The minimum Gasteiger partial charge on any atom is -0.389 e. The van der Waals surface area contributed by atoms with Gasteiger partial charge in [-0.05, 0) is 37.5 Å². The highest BCUT2D eigenvalue weighted by Gasteiger charge is 2.10. The van der Waals surface area contributed by atoms with E-state index in [0.29, 0.717) is 11.6 Å². The smallest absolute Gasteiger partial charge is 0.263 e. The first-order chi connectivity index (χ1) is 10.1. The van der Waals surface area contributed by atoms with Crippen molar-refractivity contribution < 1.29 is 4.79 Å². The van der Waals surface area contributed by atoms with Crippen LogP contribution in [0.25, 0.3) is 0 Å². The van der Waals surface area contributed by atoms with Gasteiger partial charge in [-0.3, -0.25) is 4.79 Å². The van der Waals surface area contributed by atoms with Crippen molar-refractivity contribution in [2.24, 2.45) is 0 Å². The van der Waals surface area contributed by atoms with Crippen LogP contribution in [0.2, 0.25) is 5.02 Å². The lowest BCUT2D eigenvalue weighted by atomic mass is 10.1. The predicted octanol–water partition coefficient (Wildman–Crippen LogP) is 2.79. The quantitative estimate of drug-likeness (QED) is 0.462. The second kappa shape index (κ2) is 9.04. The number of carbonyl (C=O) groups excluding carboxylic acids is 1. The van der Waals surface area contributed by atoms with E-state index in [1.807, 2.05) is 44.2 Å². The van der Waals surface area contributed by atoms with Crippen LogP contribution in [-0.2, 0) is 11.2 Å². The van der Waals surface area contributed by atoms with E-state index in [0.717, 1.165) is 18.4 Å². The van der Waals surface area contributed by atoms with Crippen LogP contribution in [0, 0.1) is 11.3 Å². The van der Waals surface area contributed by atoms with Crippen molar-refractivity contribution in [3.05, 3.63) is 46.6 Å². The number of amides is 1. The lowest BCUT2D eigenvalue weighted by Crippen LogP contribution is -2.33. The second-order valence-electron chi connectivity index (χ2n) is 4.79. The zero-order valence-corrected chi connectivity index (χ0v) is 13.1. The van der Waals surface area contributed by atoms with Crippen LogP contribution in [-0.4, -0.2) is 18.5 Å². The van der Waals surface area contributed by atoms with Gasteiger partial charge in [0.25, 0.3) is 5.91 Å². The third kappa shape index (κ3) is 6.33. The molecule has 21 heavy (non-hydrogen) atoms. The number of nitriles is 1. The van der Waals surface area contributed by atoms with Gasteiger partial charge in [0.2, 0.25) is 0 Å². The molecule has 1 amide bonds. The summed E-state index contributed by atoms with van der Waals surface area (Å²) in [5.74, 6) is -0.345. The molecule has 4 nitrogen and oxygen atoms in total. The molecule has 0 heterocycles. The Balaban J connectivity index is 2.46. The first-order valence-electron chi connectivity index (χ1n) is 6.95. The van der Waals surface area contributed by atoms with Gasteiger partial charge in [0.05, 0.1) is 0 Å². The number of carbonyl (C=O) groups is 1. The molecule has 0 fully saturated rings. The molecule has 0 radical (unpaired) electrons. The largest absolute Gasteiger partial charge is 0.389 e. The van der Waals surface area contributed by atoms with E-state index in [9.17, 15) is 4.79 Å². The fraction of sp³-hybridized carbons (Fsp3) is 0.375. The second-order valence-corrected chi connectivity index (χ2v) is 5.22. The molecule has 5 heteroatoms. The number of benzene rings is 1. The lowest BCUT2D eigenvalue weighted by molar-refractivity contribution is -0.117. The Morgan fingerprint density at radius 1 is 1.52 bits per heavy atom. The summed E-state index contributed by atoms with van der Waals surface area (Å²) in [5, 5.41) is 15.4. The normalized spacial score (nSPS) is 12.4. The maximum atomic E-state index is 11.8. The highest BCUT2D eigenvalue weighted by molar-refractivity contribution is 6.30. The zero-order chi connectivity index (χ0) is 15.7. The highest BCUT2D eigenvalue weighted by Crippen LogP contribution is 2.10. The van der Waals surface area contributed by atoms with Gasteiger partial charge in [0.15, 0.2) is 0 Å². The molecule has 0 saturated carbocycles. The number of rotatable bonds is 7. The monoisotopic (exact) mass is 305 g/mol. The zero-order valence-electron chi connectivity index (χ0n) is 12.3. The fourth-order valence-corrected chi connectivity index (χ4v) is 1.85. The van der Waals surface area contributed by atoms with E-state index in [4.69, 9.17) is 16.9 Å². The number of hydrogen-bond donors (Lipinski definition) is 2. The Kier molecular flexibility index (Phi) is 7.34. The molecule has 0 aliphatic heterocycles. The molecule has 1 rings (SSSR count). The predicted molar refractivity (Wildman–Crippen MR) is 84.8 cm³/mol. The Morgan fingerprint density at radius 2 is 2.29 bits per heavy atom. The minimum atomic E-state index is -0.345. The van der Waals surface area contributed by atoms with Crippen LogP contribution < -0.4 is 10.6 Å². The summed E-state index contributed by atoms with van der Waals surface area (Å²) in [7, 11) is 0.